The first-order valence-electron chi connectivity index (χ1n) is 5.37. The maximum absolute atomic E-state index is 9.47. The lowest BCUT2D eigenvalue weighted by atomic mass is 10.1. The van der Waals surface area contributed by atoms with Gasteiger partial charge in [-0.25, -0.2) is 9.67 Å². The average molecular weight is 252 g/mol. The lowest BCUT2D eigenvalue weighted by Crippen LogP contribution is -2.01. The summed E-state index contributed by atoms with van der Waals surface area (Å²) in [5, 5.41) is 14.3. The van der Waals surface area contributed by atoms with E-state index in [1.807, 2.05) is 26.0 Å². The molecule has 0 unspecified atom stereocenters. The first-order chi connectivity index (χ1) is 7.99. The molecule has 0 aliphatic heterocycles. The van der Waals surface area contributed by atoms with Gasteiger partial charge in [-0.15, -0.1) is 0 Å². The summed E-state index contributed by atoms with van der Waals surface area (Å²) in [6.07, 6.45) is -0.528. The zero-order chi connectivity index (χ0) is 12.6. The van der Waals surface area contributed by atoms with Crippen LogP contribution in [-0.4, -0.2) is 19.9 Å². The number of hydrogen-bond donors (Lipinski definition) is 1. The highest BCUT2D eigenvalue weighted by atomic mass is 35.5. The fraction of sp³-hybridized carbons (Fsp3) is 0.333. The fourth-order valence-corrected chi connectivity index (χ4v) is 1.97. The van der Waals surface area contributed by atoms with Crippen molar-refractivity contribution in [1.82, 2.24) is 14.8 Å². The molecule has 0 radical (unpaired) electrons. The van der Waals surface area contributed by atoms with Crippen LogP contribution in [0.3, 0.4) is 0 Å². The van der Waals surface area contributed by atoms with Gasteiger partial charge >= 0.3 is 0 Å². The van der Waals surface area contributed by atoms with Crippen LogP contribution in [0.2, 0.25) is 5.02 Å². The Morgan fingerprint density at radius 2 is 2.06 bits per heavy atom. The van der Waals surface area contributed by atoms with Crippen LogP contribution in [0.15, 0.2) is 18.2 Å². The highest BCUT2D eigenvalue weighted by Crippen LogP contribution is 2.25. The number of halogens is 1. The van der Waals surface area contributed by atoms with E-state index in [2.05, 4.69) is 10.1 Å². The van der Waals surface area contributed by atoms with Crippen molar-refractivity contribution in [2.24, 2.45) is 0 Å². The number of aryl methyl sites for hydroxylation is 2. The Balaban J connectivity index is 2.50. The highest BCUT2D eigenvalue weighted by molar-refractivity contribution is 6.32. The molecule has 2 rings (SSSR count). The van der Waals surface area contributed by atoms with Gasteiger partial charge in [0.15, 0.2) is 0 Å². The van der Waals surface area contributed by atoms with E-state index >= 15 is 0 Å². The van der Waals surface area contributed by atoms with Crippen molar-refractivity contribution < 1.29 is 5.11 Å². The zero-order valence-corrected chi connectivity index (χ0v) is 10.7. The minimum absolute atomic E-state index is 0.528. The van der Waals surface area contributed by atoms with E-state index in [9.17, 15) is 5.11 Å². The van der Waals surface area contributed by atoms with Gasteiger partial charge in [0.25, 0.3) is 0 Å². The Morgan fingerprint density at radius 3 is 2.53 bits per heavy atom. The summed E-state index contributed by atoms with van der Waals surface area (Å²) in [7, 11) is 0. The van der Waals surface area contributed by atoms with Gasteiger partial charge in [0.05, 0.1) is 16.8 Å². The summed E-state index contributed by atoms with van der Waals surface area (Å²) < 4.78 is 1.70. The van der Waals surface area contributed by atoms with E-state index < -0.39 is 6.10 Å². The molecule has 1 N–H and O–H groups in total. The van der Waals surface area contributed by atoms with Gasteiger partial charge in [-0.05, 0) is 38.5 Å². The van der Waals surface area contributed by atoms with Crippen LogP contribution in [0, 0.1) is 13.8 Å². The third-order valence-corrected chi connectivity index (χ3v) is 2.86. The minimum Gasteiger partial charge on any atom is -0.389 e. The summed E-state index contributed by atoms with van der Waals surface area (Å²) in [4.78, 5) is 4.23. The third kappa shape index (κ3) is 2.33. The highest BCUT2D eigenvalue weighted by Gasteiger charge is 2.10. The monoisotopic (exact) mass is 251 g/mol. The fourth-order valence-electron chi connectivity index (χ4n) is 1.70. The molecule has 0 aliphatic rings. The van der Waals surface area contributed by atoms with E-state index in [4.69, 9.17) is 11.6 Å². The molecular formula is C12H14ClN3O. The Morgan fingerprint density at radius 1 is 1.35 bits per heavy atom. The Kier molecular flexibility index (Phi) is 3.17. The van der Waals surface area contributed by atoms with Gasteiger partial charge in [-0.2, -0.15) is 5.10 Å². The smallest absolute Gasteiger partial charge is 0.148 e. The van der Waals surface area contributed by atoms with Crippen LogP contribution in [0.1, 0.15) is 30.2 Å². The molecule has 0 fully saturated rings. The van der Waals surface area contributed by atoms with Crippen LogP contribution in [0.25, 0.3) is 5.69 Å². The molecule has 0 amide bonds. The van der Waals surface area contributed by atoms with Gasteiger partial charge in [0.2, 0.25) is 0 Å². The normalized spacial score (nSPS) is 12.8. The predicted molar refractivity (Wildman–Crippen MR) is 66.5 cm³/mol. The number of rotatable bonds is 2. The molecule has 0 saturated carbocycles. The summed E-state index contributed by atoms with van der Waals surface area (Å²) in [5.74, 6) is 1.49. The third-order valence-electron chi connectivity index (χ3n) is 2.56. The number of hydrogen-bond acceptors (Lipinski definition) is 3. The van der Waals surface area contributed by atoms with Crippen molar-refractivity contribution in [2.75, 3.05) is 0 Å². The van der Waals surface area contributed by atoms with E-state index in [1.54, 1.807) is 17.7 Å². The van der Waals surface area contributed by atoms with E-state index in [1.165, 1.54) is 0 Å². The van der Waals surface area contributed by atoms with Crippen molar-refractivity contribution in [2.45, 2.75) is 26.9 Å². The molecule has 0 spiro atoms. The Hall–Kier alpha value is -1.39. The lowest BCUT2D eigenvalue weighted by molar-refractivity contribution is 0.199. The zero-order valence-electron chi connectivity index (χ0n) is 9.98. The molecule has 17 heavy (non-hydrogen) atoms. The largest absolute Gasteiger partial charge is 0.389 e. The summed E-state index contributed by atoms with van der Waals surface area (Å²) in [5.41, 5.74) is 1.56. The summed E-state index contributed by atoms with van der Waals surface area (Å²) >= 11 is 6.19. The molecule has 5 heteroatoms. The predicted octanol–water partition coefficient (Wildman–Crippen LogP) is 2.59. The van der Waals surface area contributed by atoms with Gasteiger partial charge in [-0.3, -0.25) is 0 Å². The standard InChI is InChI=1S/C12H14ClN3O/c1-7(17)10-4-5-12(11(13)6-10)16-9(3)14-8(2)15-16/h4-7,17H,1-3H3/t7-/m1/s1. The topological polar surface area (TPSA) is 50.9 Å². The first-order valence-corrected chi connectivity index (χ1v) is 5.75. The number of aliphatic hydroxyl groups is 1. The van der Waals surface area contributed by atoms with Gasteiger partial charge in [0.1, 0.15) is 11.6 Å². The van der Waals surface area contributed by atoms with E-state index in [0.29, 0.717) is 10.8 Å². The van der Waals surface area contributed by atoms with Crippen molar-refractivity contribution in [3.8, 4) is 5.69 Å². The molecule has 0 saturated heterocycles. The molecule has 0 bridgehead atoms. The quantitative estimate of drug-likeness (QED) is 0.893. The van der Waals surface area contributed by atoms with Gasteiger partial charge in [-0.1, -0.05) is 17.7 Å². The van der Waals surface area contributed by atoms with Crippen LogP contribution >= 0.6 is 11.6 Å². The van der Waals surface area contributed by atoms with E-state index in [-0.39, 0.29) is 0 Å². The molecule has 1 aromatic heterocycles. The Bertz CT molecular complexity index is 549. The number of benzene rings is 1. The number of aliphatic hydroxyl groups excluding tert-OH is 1. The lowest BCUT2D eigenvalue weighted by Gasteiger charge is -2.09. The van der Waals surface area contributed by atoms with Crippen molar-refractivity contribution in [3.63, 3.8) is 0 Å². The van der Waals surface area contributed by atoms with Gasteiger partial charge < -0.3 is 5.11 Å². The second-order valence-electron chi connectivity index (χ2n) is 4.00. The van der Waals surface area contributed by atoms with Crippen LogP contribution < -0.4 is 0 Å². The van der Waals surface area contributed by atoms with Crippen molar-refractivity contribution >= 4 is 11.6 Å². The molecule has 4 nitrogen and oxygen atoms in total. The molecule has 1 atom stereocenters. The Labute approximate surface area is 105 Å². The second kappa shape index (κ2) is 4.47. The maximum atomic E-state index is 9.47. The summed E-state index contributed by atoms with van der Waals surface area (Å²) in [6.45, 7) is 5.41. The number of aromatic nitrogens is 3. The SMILES string of the molecule is Cc1nc(C)n(-c2ccc([C@@H](C)O)cc2Cl)n1. The van der Waals surface area contributed by atoms with Crippen molar-refractivity contribution in [3.05, 3.63) is 40.4 Å². The molecule has 90 valence electrons. The first kappa shape index (κ1) is 12.1. The molecule has 1 heterocycles. The molecule has 1 aromatic carbocycles. The van der Waals surface area contributed by atoms with E-state index in [0.717, 1.165) is 17.1 Å². The molecule has 0 aliphatic carbocycles. The minimum atomic E-state index is -0.528. The maximum Gasteiger partial charge on any atom is 0.148 e. The number of nitrogens with zero attached hydrogens (tertiary/aromatic N) is 3. The molecule has 2 aromatic rings. The van der Waals surface area contributed by atoms with Crippen LogP contribution in [0.4, 0.5) is 0 Å². The van der Waals surface area contributed by atoms with Crippen molar-refractivity contribution in [1.29, 1.82) is 0 Å². The summed E-state index contributed by atoms with van der Waals surface area (Å²) in [6, 6.07) is 5.42. The average Bonchev–Trinajstić information content (AvgIpc) is 2.57. The van der Waals surface area contributed by atoms with Gasteiger partial charge in [0, 0.05) is 0 Å². The van der Waals surface area contributed by atoms with Crippen LogP contribution in [-0.2, 0) is 0 Å². The molecular weight excluding hydrogens is 238 g/mol. The second-order valence-corrected chi connectivity index (χ2v) is 4.41. The van der Waals surface area contributed by atoms with Crippen LogP contribution in [0.5, 0.6) is 0 Å².